The van der Waals surface area contributed by atoms with E-state index >= 15 is 0 Å². The Morgan fingerprint density at radius 3 is 2.50 bits per heavy atom. The second-order valence-corrected chi connectivity index (χ2v) is 5.58. The van der Waals surface area contributed by atoms with Crippen LogP contribution in [0.15, 0.2) is 57.9 Å². The van der Waals surface area contributed by atoms with E-state index < -0.39 is 0 Å². The average Bonchev–Trinajstić information content (AvgIpc) is 2.32. The molecule has 0 spiro atoms. The van der Waals surface area contributed by atoms with E-state index in [1.165, 1.54) is 5.56 Å². The lowest BCUT2D eigenvalue weighted by Crippen LogP contribution is -1.81. The largest absolute Gasteiger partial charge is 0.120 e. The number of benzene rings is 2. The molecular formula is C13H10BrClS. The molecule has 0 radical (unpaired) electrons. The summed E-state index contributed by atoms with van der Waals surface area (Å²) < 4.78 is 0.951. The first-order chi connectivity index (χ1) is 7.77. The minimum Gasteiger partial charge on any atom is -0.120 e. The standard InChI is InChI=1S/C13H10BrClS/c14-11-7-4-8-12(13(11)15)16-9-10-5-2-1-3-6-10/h1-8H,9H2. The molecule has 2 aromatic carbocycles. The van der Waals surface area contributed by atoms with Gasteiger partial charge < -0.3 is 0 Å². The third kappa shape index (κ3) is 3.03. The number of hydrogen-bond donors (Lipinski definition) is 0. The van der Waals surface area contributed by atoms with Gasteiger partial charge in [0.2, 0.25) is 0 Å². The summed E-state index contributed by atoms with van der Waals surface area (Å²) in [6.45, 7) is 0. The molecule has 0 aromatic heterocycles. The van der Waals surface area contributed by atoms with Crippen molar-refractivity contribution >= 4 is 39.3 Å². The Balaban J connectivity index is 2.08. The van der Waals surface area contributed by atoms with Gasteiger partial charge in [0.15, 0.2) is 0 Å². The SMILES string of the molecule is Clc1c(Br)cccc1SCc1ccccc1. The molecule has 2 rings (SSSR count). The van der Waals surface area contributed by atoms with Crippen LogP contribution in [0.1, 0.15) is 5.56 Å². The minimum absolute atomic E-state index is 0.795. The van der Waals surface area contributed by atoms with Gasteiger partial charge in [-0.05, 0) is 33.6 Å². The Kier molecular flexibility index (Phi) is 4.33. The van der Waals surface area contributed by atoms with Crippen molar-refractivity contribution in [2.24, 2.45) is 0 Å². The predicted molar refractivity (Wildman–Crippen MR) is 75.2 cm³/mol. The van der Waals surface area contributed by atoms with Crippen molar-refractivity contribution in [1.29, 1.82) is 0 Å². The smallest absolute Gasteiger partial charge is 0.0683 e. The fourth-order valence-corrected chi connectivity index (χ4v) is 3.04. The molecule has 0 heterocycles. The van der Waals surface area contributed by atoms with Crippen molar-refractivity contribution in [2.45, 2.75) is 10.6 Å². The Hall–Kier alpha value is -0.440. The Bertz CT molecular complexity index is 471. The summed E-state index contributed by atoms with van der Waals surface area (Å²) in [4.78, 5) is 1.11. The molecule has 0 aliphatic carbocycles. The lowest BCUT2D eigenvalue weighted by molar-refractivity contribution is 1.37. The van der Waals surface area contributed by atoms with Gasteiger partial charge in [0.05, 0.1) is 5.02 Å². The molecular weight excluding hydrogens is 304 g/mol. The molecule has 0 fully saturated rings. The zero-order valence-electron chi connectivity index (χ0n) is 8.49. The van der Waals surface area contributed by atoms with Gasteiger partial charge in [-0.2, -0.15) is 0 Å². The van der Waals surface area contributed by atoms with Crippen LogP contribution < -0.4 is 0 Å². The molecule has 0 N–H and O–H groups in total. The summed E-state index contributed by atoms with van der Waals surface area (Å²) >= 11 is 11.4. The third-order valence-corrected chi connectivity index (χ3v) is 4.69. The fraction of sp³-hybridized carbons (Fsp3) is 0.0769. The van der Waals surface area contributed by atoms with Gasteiger partial charge in [-0.15, -0.1) is 11.8 Å². The quantitative estimate of drug-likeness (QED) is 0.684. The first-order valence-electron chi connectivity index (χ1n) is 4.88. The molecule has 0 unspecified atom stereocenters. The van der Waals surface area contributed by atoms with E-state index in [1.54, 1.807) is 11.8 Å². The fourth-order valence-electron chi connectivity index (χ4n) is 1.33. The summed E-state index contributed by atoms with van der Waals surface area (Å²) in [5.41, 5.74) is 1.31. The number of hydrogen-bond acceptors (Lipinski definition) is 1. The Morgan fingerprint density at radius 2 is 1.75 bits per heavy atom. The maximum absolute atomic E-state index is 6.19. The predicted octanol–water partition coefficient (Wildman–Crippen LogP) is 5.39. The highest BCUT2D eigenvalue weighted by atomic mass is 79.9. The molecule has 0 amide bonds. The highest BCUT2D eigenvalue weighted by Gasteiger charge is 2.04. The van der Waals surface area contributed by atoms with Crippen LogP contribution in [0.5, 0.6) is 0 Å². The molecule has 0 saturated heterocycles. The van der Waals surface area contributed by atoms with E-state index in [1.807, 2.05) is 24.3 Å². The molecule has 0 saturated carbocycles. The lowest BCUT2D eigenvalue weighted by Gasteiger charge is -2.05. The van der Waals surface area contributed by atoms with Crippen LogP contribution in [-0.4, -0.2) is 0 Å². The first-order valence-corrected chi connectivity index (χ1v) is 7.04. The van der Waals surface area contributed by atoms with Crippen LogP contribution in [0.25, 0.3) is 0 Å². The van der Waals surface area contributed by atoms with Crippen LogP contribution in [0, 0.1) is 0 Å². The second-order valence-electron chi connectivity index (χ2n) is 3.33. The van der Waals surface area contributed by atoms with Gasteiger partial charge in [0.25, 0.3) is 0 Å². The Labute approximate surface area is 113 Å². The minimum atomic E-state index is 0.795. The Morgan fingerprint density at radius 1 is 1.00 bits per heavy atom. The van der Waals surface area contributed by atoms with Gasteiger partial charge in [0, 0.05) is 15.1 Å². The van der Waals surface area contributed by atoms with Gasteiger partial charge in [0.1, 0.15) is 0 Å². The van der Waals surface area contributed by atoms with Crippen LogP contribution in [-0.2, 0) is 5.75 Å². The van der Waals surface area contributed by atoms with Gasteiger partial charge >= 0.3 is 0 Å². The molecule has 16 heavy (non-hydrogen) atoms. The summed E-state index contributed by atoms with van der Waals surface area (Å²) in [5.74, 6) is 0.941. The highest BCUT2D eigenvalue weighted by molar-refractivity contribution is 9.10. The van der Waals surface area contributed by atoms with E-state index in [0.29, 0.717) is 0 Å². The number of rotatable bonds is 3. The molecule has 3 heteroatoms. The summed E-state index contributed by atoms with van der Waals surface area (Å²) in [6.07, 6.45) is 0. The highest BCUT2D eigenvalue weighted by Crippen LogP contribution is 2.34. The van der Waals surface area contributed by atoms with Crippen LogP contribution >= 0.6 is 39.3 Å². The summed E-state index contributed by atoms with van der Waals surface area (Å²) in [7, 11) is 0. The van der Waals surface area contributed by atoms with Crippen molar-refractivity contribution in [3.05, 3.63) is 63.6 Å². The topological polar surface area (TPSA) is 0 Å². The zero-order valence-corrected chi connectivity index (χ0v) is 11.6. The molecule has 0 aliphatic rings. The molecule has 82 valence electrons. The van der Waals surface area contributed by atoms with E-state index in [9.17, 15) is 0 Å². The van der Waals surface area contributed by atoms with Crippen molar-refractivity contribution in [3.8, 4) is 0 Å². The molecule has 0 nitrogen and oxygen atoms in total. The maximum Gasteiger partial charge on any atom is 0.0683 e. The normalized spacial score (nSPS) is 10.4. The lowest BCUT2D eigenvalue weighted by atomic mass is 10.2. The maximum atomic E-state index is 6.19. The molecule has 0 aliphatic heterocycles. The van der Waals surface area contributed by atoms with Gasteiger partial charge in [-0.25, -0.2) is 0 Å². The summed E-state index contributed by atoms with van der Waals surface area (Å²) in [5, 5.41) is 0.795. The average molecular weight is 314 g/mol. The monoisotopic (exact) mass is 312 g/mol. The van der Waals surface area contributed by atoms with Crippen molar-refractivity contribution in [2.75, 3.05) is 0 Å². The molecule has 2 aromatic rings. The van der Waals surface area contributed by atoms with E-state index in [2.05, 4.69) is 40.2 Å². The van der Waals surface area contributed by atoms with Crippen molar-refractivity contribution < 1.29 is 0 Å². The number of halogens is 2. The van der Waals surface area contributed by atoms with Crippen LogP contribution in [0.2, 0.25) is 5.02 Å². The van der Waals surface area contributed by atoms with Crippen LogP contribution in [0.4, 0.5) is 0 Å². The first kappa shape index (κ1) is 12.0. The molecule has 0 bridgehead atoms. The van der Waals surface area contributed by atoms with Gasteiger partial charge in [-0.3, -0.25) is 0 Å². The van der Waals surface area contributed by atoms with Gasteiger partial charge in [-0.1, -0.05) is 48.0 Å². The summed E-state index contributed by atoms with van der Waals surface area (Å²) in [6, 6.07) is 16.4. The van der Waals surface area contributed by atoms with Crippen molar-refractivity contribution in [1.82, 2.24) is 0 Å². The van der Waals surface area contributed by atoms with Crippen molar-refractivity contribution in [3.63, 3.8) is 0 Å². The zero-order chi connectivity index (χ0) is 11.4. The number of thioether (sulfide) groups is 1. The second kappa shape index (κ2) is 5.76. The van der Waals surface area contributed by atoms with Crippen LogP contribution in [0.3, 0.4) is 0 Å². The molecule has 0 atom stereocenters. The van der Waals surface area contributed by atoms with E-state index in [4.69, 9.17) is 11.6 Å². The third-order valence-electron chi connectivity index (χ3n) is 2.15. The van der Waals surface area contributed by atoms with E-state index in [-0.39, 0.29) is 0 Å². The van der Waals surface area contributed by atoms with E-state index in [0.717, 1.165) is 20.1 Å².